The maximum atomic E-state index is 15.1. The summed E-state index contributed by atoms with van der Waals surface area (Å²) in [5.74, 6) is -3.17. The highest BCUT2D eigenvalue weighted by atomic mass is 32.2. The van der Waals surface area contributed by atoms with Gasteiger partial charge in [-0.3, -0.25) is 0 Å². The second-order valence-corrected chi connectivity index (χ2v) is 12.9. The maximum absolute atomic E-state index is 15.1. The van der Waals surface area contributed by atoms with Crippen molar-refractivity contribution in [1.82, 2.24) is 9.88 Å². The van der Waals surface area contributed by atoms with Crippen LogP contribution in [0.5, 0.6) is 0 Å². The fourth-order valence-corrected chi connectivity index (χ4v) is 5.47. The standard InChI is InChI=1S/C23H30F2N4O6S2/c1-22(2,3)34-20(30)28-8-7-14(11-28)27-15-9-16(24)19(17(25)10-15)37(32,33)29(18-12-36-13-26-18)21(31)35-23(4,5)6/h9-10,12-14,27H,7-8,11H2,1-6H3/t14-/m0/s1. The molecule has 1 aliphatic heterocycles. The van der Waals surface area contributed by atoms with E-state index in [2.05, 4.69) is 10.3 Å². The number of ether oxygens (including phenoxy) is 2. The molecule has 1 aromatic heterocycles. The molecule has 1 fully saturated rings. The van der Waals surface area contributed by atoms with Crippen molar-refractivity contribution in [2.45, 2.75) is 70.1 Å². The Morgan fingerprint density at radius 1 is 1.11 bits per heavy atom. The molecule has 0 radical (unpaired) electrons. The van der Waals surface area contributed by atoms with Gasteiger partial charge in [0.2, 0.25) is 0 Å². The van der Waals surface area contributed by atoms with Crippen LogP contribution in [0.15, 0.2) is 27.9 Å². The number of anilines is 2. The van der Waals surface area contributed by atoms with E-state index in [0.29, 0.717) is 13.0 Å². The van der Waals surface area contributed by atoms with Crippen LogP contribution in [0.3, 0.4) is 0 Å². The number of carbonyl (C=O) groups is 2. The van der Waals surface area contributed by atoms with Gasteiger partial charge in [-0.2, -0.15) is 0 Å². The predicted molar refractivity (Wildman–Crippen MR) is 134 cm³/mol. The Balaban J connectivity index is 1.85. The van der Waals surface area contributed by atoms with Crippen LogP contribution in [0.2, 0.25) is 0 Å². The fourth-order valence-electron chi connectivity index (χ4n) is 3.51. The molecule has 1 aromatic carbocycles. The molecule has 0 unspecified atom stereocenters. The van der Waals surface area contributed by atoms with E-state index in [1.54, 1.807) is 20.8 Å². The summed E-state index contributed by atoms with van der Waals surface area (Å²) in [6.07, 6.45) is -1.37. The number of hydrogen-bond acceptors (Lipinski definition) is 9. The number of likely N-dealkylation sites (tertiary alicyclic amines) is 1. The Hall–Kier alpha value is -3.00. The quantitative estimate of drug-likeness (QED) is 0.545. The summed E-state index contributed by atoms with van der Waals surface area (Å²) < 4.78 is 67.5. The largest absolute Gasteiger partial charge is 0.444 e. The summed E-state index contributed by atoms with van der Waals surface area (Å²) in [4.78, 5) is 29.0. The normalized spacial score (nSPS) is 16.4. The number of amides is 2. The minimum Gasteiger partial charge on any atom is -0.444 e. The first-order valence-corrected chi connectivity index (χ1v) is 13.8. The van der Waals surface area contributed by atoms with Crippen LogP contribution in [0.1, 0.15) is 48.0 Å². The van der Waals surface area contributed by atoms with Crippen molar-refractivity contribution in [3.63, 3.8) is 0 Å². The summed E-state index contributed by atoms with van der Waals surface area (Å²) in [6, 6.07) is 1.29. The van der Waals surface area contributed by atoms with E-state index in [9.17, 15) is 18.0 Å². The zero-order valence-electron chi connectivity index (χ0n) is 21.4. The molecule has 0 spiro atoms. The number of aromatic nitrogens is 1. The Kier molecular flexibility index (Phi) is 8.03. The van der Waals surface area contributed by atoms with Crippen molar-refractivity contribution in [3.05, 3.63) is 34.7 Å². The molecular weight excluding hydrogens is 530 g/mol. The number of carbonyl (C=O) groups excluding carboxylic acids is 2. The molecule has 1 aliphatic rings. The van der Waals surface area contributed by atoms with Crippen LogP contribution < -0.4 is 9.62 Å². The Morgan fingerprint density at radius 2 is 1.70 bits per heavy atom. The third-order valence-electron chi connectivity index (χ3n) is 4.89. The molecule has 10 nitrogen and oxygen atoms in total. The van der Waals surface area contributed by atoms with Gasteiger partial charge < -0.3 is 19.7 Å². The van der Waals surface area contributed by atoms with E-state index in [1.165, 1.54) is 36.6 Å². The molecule has 2 amide bonds. The molecule has 14 heteroatoms. The molecule has 1 atom stereocenters. The van der Waals surface area contributed by atoms with Crippen LogP contribution in [0, 0.1) is 11.6 Å². The Morgan fingerprint density at radius 3 is 2.22 bits per heavy atom. The Bertz CT molecular complexity index is 1230. The average Bonchev–Trinajstić information content (AvgIpc) is 3.36. The van der Waals surface area contributed by atoms with Crippen molar-refractivity contribution >= 4 is 45.1 Å². The van der Waals surface area contributed by atoms with E-state index in [0.717, 1.165) is 23.5 Å². The third-order valence-corrected chi connectivity index (χ3v) is 7.19. The van der Waals surface area contributed by atoms with E-state index in [1.807, 2.05) is 0 Å². The number of rotatable bonds is 5. The first-order valence-electron chi connectivity index (χ1n) is 11.4. The third kappa shape index (κ3) is 7.06. The van der Waals surface area contributed by atoms with E-state index in [4.69, 9.17) is 9.47 Å². The zero-order valence-corrected chi connectivity index (χ0v) is 23.0. The highest BCUT2D eigenvalue weighted by Gasteiger charge is 2.40. The number of benzene rings is 1. The number of halogens is 2. The molecule has 0 bridgehead atoms. The van der Waals surface area contributed by atoms with Crippen LogP contribution in [-0.4, -0.2) is 60.8 Å². The first-order chi connectivity index (χ1) is 17.0. The van der Waals surface area contributed by atoms with Crippen LogP contribution in [-0.2, 0) is 19.5 Å². The monoisotopic (exact) mass is 560 g/mol. The summed E-state index contributed by atoms with van der Waals surface area (Å²) in [7, 11) is -5.08. The lowest BCUT2D eigenvalue weighted by atomic mass is 10.2. The minimum atomic E-state index is -5.08. The van der Waals surface area contributed by atoms with E-state index < -0.39 is 49.9 Å². The lowest BCUT2D eigenvalue weighted by Gasteiger charge is -2.26. The van der Waals surface area contributed by atoms with Crippen molar-refractivity contribution < 1.29 is 36.3 Å². The van der Waals surface area contributed by atoms with Crippen molar-refractivity contribution in [2.24, 2.45) is 0 Å². The molecular formula is C23H30F2N4O6S2. The number of thiazole rings is 1. The molecule has 0 saturated carbocycles. The lowest BCUT2D eigenvalue weighted by Crippen LogP contribution is -2.41. The second-order valence-electron chi connectivity index (χ2n) is 10.4. The molecule has 1 saturated heterocycles. The van der Waals surface area contributed by atoms with Crippen LogP contribution in [0.4, 0.5) is 29.9 Å². The maximum Gasteiger partial charge on any atom is 0.430 e. The van der Waals surface area contributed by atoms with Gasteiger partial charge in [0.1, 0.15) is 22.8 Å². The van der Waals surface area contributed by atoms with Gasteiger partial charge >= 0.3 is 12.2 Å². The zero-order chi connectivity index (χ0) is 27.8. The number of hydrogen-bond donors (Lipinski definition) is 1. The predicted octanol–water partition coefficient (Wildman–Crippen LogP) is 4.97. The SMILES string of the molecule is CC(C)(C)OC(=O)N1CC[C@H](Nc2cc(F)c(S(=O)(=O)N(C(=O)OC(C)(C)C)c3cscn3)c(F)c2)C1. The van der Waals surface area contributed by atoms with Gasteiger partial charge in [-0.25, -0.2) is 31.8 Å². The average molecular weight is 561 g/mol. The molecule has 2 aromatic rings. The topological polar surface area (TPSA) is 118 Å². The summed E-state index contributed by atoms with van der Waals surface area (Å²) >= 11 is 0.989. The van der Waals surface area contributed by atoms with Gasteiger partial charge in [0.15, 0.2) is 10.7 Å². The minimum absolute atomic E-state index is 0.0255. The molecule has 0 aliphatic carbocycles. The summed E-state index contributed by atoms with van der Waals surface area (Å²) in [6.45, 7) is 10.4. The van der Waals surface area contributed by atoms with E-state index in [-0.39, 0.29) is 28.4 Å². The first kappa shape index (κ1) is 28.6. The van der Waals surface area contributed by atoms with Gasteiger partial charge in [-0.1, -0.05) is 0 Å². The lowest BCUT2D eigenvalue weighted by molar-refractivity contribution is 0.0293. The molecule has 1 N–H and O–H groups in total. The van der Waals surface area contributed by atoms with Gasteiger partial charge in [-0.15, -0.1) is 15.6 Å². The molecule has 3 rings (SSSR count). The van der Waals surface area contributed by atoms with Gasteiger partial charge in [0, 0.05) is 30.2 Å². The fraction of sp³-hybridized carbons (Fsp3) is 0.522. The van der Waals surface area contributed by atoms with Crippen LogP contribution >= 0.6 is 11.3 Å². The van der Waals surface area contributed by atoms with Crippen molar-refractivity contribution in [3.8, 4) is 0 Å². The molecule has 37 heavy (non-hydrogen) atoms. The van der Waals surface area contributed by atoms with Gasteiger partial charge in [-0.05, 0) is 60.1 Å². The van der Waals surface area contributed by atoms with E-state index >= 15 is 8.78 Å². The smallest absolute Gasteiger partial charge is 0.430 e. The number of sulfonamides is 1. The molecule has 2 heterocycles. The second kappa shape index (κ2) is 10.4. The number of nitrogens with zero attached hydrogens (tertiary/aromatic N) is 3. The molecule has 204 valence electrons. The Labute approximate surface area is 218 Å². The van der Waals surface area contributed by atoms with Gasteiger partial charge in [0.25, 0.3) is 10.0 Å². The summed E-state index contributed by atoms with van der Waals surface area (Å²) in [5.41, 5.74) is -0.505. The van der Waals surface area contributed by atoms with Crippen LogP contribution in [0.25, 0.3) is 0 Å². The number of nitrogens with one attached hydrogen (secondary N) is 1. The summed E-state index contributed by atoms with van der Waals surface area (Å²) in [5, 5.41) is 4.16. The van der Waals surface area contributed by atoms with Crippen molar-refractivity contribution in [2.75, 3.05) is 22.7 Å². The highest BCUT2D eigenvalue weighted by molar-refractivity contribution is 7.93. The highest BCUT2D eigenvalue weighted by Crippen LogP contribution is 2.31. The van der Waals surface area contributed by atoms with Crippen molar-refractivity contribution in [1.29, 1.82) is 0 Å². The van der Waals surface area contributed by atoms with Gasteiger partial charge in [0.05, 0.1) is 5.51 Å².